The number of hydrogen-bond donors (Lipinski definition) is 0. The molecule has 3 nitrogen and oxygen atoms in total. The van der Waals surface area contributed by atoms with Crippen LogP contribution in [0.15, 0.2) is 66.7 Å². The second kappa shape index (κ2) is 13.0. The molecule has 0 aliphatic carbocycles. The zero-order valence-electron chi connectivity index (χ0n) is 20.8. The highest BCUT2D eigenvalue weighted by molar-refractivity contribution is 6.35. The Morgan fingerprint density at radius 2 is 1.53 bits per heavy atom. The average Bonchev–Trinajstić information content (AvgIpc) is 3.68. The largest absolute Gasteiger partial charge is 0.423 e. The maximum Gasteiger partial charge on any atom is 0.416 e. The highest BCUT2D eigenvalue weighted by Gasteiger charge is 2.49. The van der Waals surface area contributed by atoms with Gasteiger partial charge in [0.25, 0.3) is 0 Å². The maximum atomic E-state index is 13.4. The Balaban J connectivity index is 1.30. The van der Waals surface area contributed by atoms with Crippen LogP contribution in [0, 0.1) is 0 Å². The molecular weight excluding hydrogens is 536 g/mol. The van der Waals surface area contributed by atoms with Crippen molar-refractivity contribution in [3.8, 4) is 5.75 Å². The van der Waals surface area contributed by atoms with Gasteiger partial charge >= 0.3 is 12.1 Å². The fourth-order valence-corrected chi connectivity index (χ4v) is 4.96. The smallest absolute Gasteiger partial charge is 0.416 e. The number of esters is 1. The van der Waals surface area contributed by atoms with E-state index in [1.165, 1.54) is 29.8 Å². The van der Waals surface area contributed by atoms with E-state index in [1.807, 2.05) is 6.07 Å². The number of unbranched alkanes of at least 4 members (excludes halogenated alkanes) is 5. The molecule has 0 unspecified atom stereocenters. The molecule has 202 valence electrons. The first-order chi connectivity index (χ1) is 18.2. The summed E-state index contributed by atoms with van der Waals surface area (Å²) in [7, 11) is 0. The number of ether oxygens (including phenoxy) is 2. The maximum absolute atomic E-state index is 13.4. The fraction of sp³-hybridized carbons (Fsp3) is 0.367. The number of epoxide rings is 1. The molecule has 1 saturated heterocycles. The van der Waals surface area contributed by atoms with Crippen molar-refractivity contribution in [2.45, 2.75) is 69.8 Å². The zero-order valence-corrected chi connectivity index (χ0v) is 22.3. The van der Waals surface area contributed by atoms with Crippen LogP contribution < -0.4 is 4.74 Å². The van der Waals surface area contributed by atoms with Crippen LogP contribution in [0.25, 0.3) is 0 Å². The summed E-state index contributed by atoms with van der Waals surface area (Å²) in [6, 6.07) is 18.5. The van der Waals surface area contributed by atoms with E-state index in [2.05, 4.69) is 24.3 Å². The van der Waals surface area contributed by atoms with E-state index in [9.17, 15) is 18.0 Å². The SMILES string of the molecule is O=C(Oc1ccc(Cl)cc1Cl)[C@@H]1O[C@H]1c1cc(C(F)(F)F)ccc1CCCCCCCCc1ccccc1. The number of aryl methyl sites for hydroxylation is 2. The van der Waals surface area contributed by atoms with E-state index < -0.39 is 29.9 Å². The van der Waals surface area contributed by atoms with E-state index >= 15 is 0 Å². The molecule has 0 bridgehead atoms. The standard InChI is InChI=1S/C30H29Cl2F3O3/c31-23-16-17-26(25(32)19-23)37-29(36)28-27(38-28)24-18-22(30(33,34)35)15-14-21(24)13-9-4-2-1-3-6-10-20-11-7-5-8-12-20/h5,7-8,11-12,14-19,27-28H,1-4,6,9-10,13H2/t27-,28+/m0/s1. The van der Waals surface area contributed by atoms with Crippen molar-refractivity contribution in [2.24, 2.45) is 0 Å². The molecule has 0 amide bonds. The Kier molecular flexibility index (Phi) is 9.74. The van der Waals surface area contributed by atoms with Crippen LogP contribution in [-0.2, 0) is 28.5 Å². The normalized spacial score (nSPS) is 16.9. The van der Waals surface area contributed by atoms with E-state index in [0.29, 0.717) is 17.0 Å². The van der Waals surface area contributed by atoms with Gasteiger partial charge in [0.05, 0.1) is 10.6 Å². The van der Waals surface area contributed by atoms with Gasteiger partial charge in [-0.3, -0.25) is 0 Å². The molecule has 2 atom stereocenters. The lowest BCUT2D eigenvalue weighted by Crippen LogP contribution is -2.16. The third-order valence-electron chi connectivity index (χ3n) is 6.61. The van der Waals surface area contributed by atoms with E-state index in [-0.39, 0.29) is 10.8 Å². The second-order valence-corrected chi connectivity index (χ2v) is 10.3. The number of hydrogen-bond acceptors (Lipinski definition) is 3. The minimum atomic E-state index is -4.49. The van der Waals surface area contributed by atoms with Crippen LogP contribution in [0.3, 0.4) is 0 Å². The Labute approximate surface area is 230 Å². The van der Waals surface area contributed by atoms with Gasteiger partial charge in [-0.2, -0.15) is 13.2 Å². The molecule has 1 fully saturated rings. The predicted octanol–water partition coefficient (Wildman–Crippen LogP) is 9.18. The number of benzene rings is 3. The number of alkyl halides is 3. The number of carbonyl (C=O) groups is 1. The lowest BCUT2D eigenvalue weighted by Gasteiger charge is -2.13. The Morgan fingerprint density at radius 1 is 0.842 bits per heavy atom. The van der Waals surface area contributed by atoms with Gasteiger partial charge in [-0.1, -0.05) is 85.3 Å². The Bertz CT molecular complexity index is 1230. The summed E-state index contributed by atoms with van der Waals surface area (Å²) < 4.78 is 51.0. The number of halogens is 5. The van der Waals surface area contributed by atoms with E-state index in [0.717, 1.165) is 62.6 Å². The summed E-state index contributed by atoms with van der Waals surface area (Å²) in [5.41, 5.74) is 1.72. The Morgan fingerprint density at radius 3 is 2.21 bits per heavy atom. The van der Waals surface area contributed by atoms with Crippen molar-refractivity contribution in [1.82, 2.24) is 0 Å². The molecule has 0 aromatic heterocycles. The molecular formula is C30H29Cl2F3O3. The summed E-state index contributed by atoms with van der Waals surface area (Å²) in [5, 5.41) is 0.541. The van der Waals surface area contributed by atoms with E-state index in [4.69, 9.17) is 32.7 Å². The lowest BCUT2D eigenvalue weighted by molar-refractivity contribution is -0.137. The van der Waals surface area contributed by atoms with Crippen LogP contribution in [0.1, 0.15) is 66.9 Å². The van der Waals surface area contributed by atoms with Gasteiger partial charge in [0.15, 0.2) is 6.10 Å². The molecule has 0 saturated carbocycles. The molecule has 0 spiro atoms. The van der Waals surface area contributed by atoms with Gasteiger partial charge in [0, 0.05) is 5.02 Å². The van der Waals surface area contributed by atoms with Crippen LogP contribution in [0.5, 0.6) is 5.75 Å². The first kappa shape index (κ1) is 28.5. The molecule has 8 heteroatoms. The third kappa shape index (κ3) is 7.98. The number of rotatable bonds is 12. The Hall–Kier alpha value is -2.54. The lowest BCUT2D eigenvalue weighted by atomic mass is 9.95. The highest BCUT2D eigenvalue weighted by Crippen LogP contribution is 2.44. The summed E-state index contributed by atoms with van der Waals surface area (Å²) in [4.78, 5) is 12.6. The van der Waals surface area contributed by atoms with Crippen molar-refractivity contribution in [3.05, 3.63) is 99.0 Å². The molecule has 38 heavy (non-hydrogen) atoms. The molecule has 4 rings (SSSR count). The molecule has 1 aliphatic rings. The molecule has 1 aliphatic heterocycles. The van der Waals surface area contributed by atoms with Gasteiger partial charge in [-0.15, -0.1) is 0 Å². The van der Waals surface area contributed by atoms with Crippen molar-refractivity contribution >= 4 is 29.2 Å². The van der Waals surface area contributed by atoms with Crippen molar-refractivity contribution in [3.63, 3.8) is 0 Å². The minimum Gasteiger partial charge on any atom is -0.423 e. The topological polar surface area (TPSA) is 38.8 Å². The van der Waals surface area contributed by atoms with Crippen LogP contribution in [0.4, 0.5) is 13.2 Å². The third-order valence-corrected chi connectivity index (χ3v) is 7.14. The number of carbonyl (C=O) groups excluding carboxylic acids is 1. The summed E-state index contributed by atoms with van der Waals surface area (Å²) in [6.45, 7) is 0. The first-order valence-electron chi connectivity index (χ1n) is 12.8. The van der Waals surface area contributed by atoms with Crippen LogP contribution in [0.2, 0.25) is 10.0 Å². The molecule has 3 aromatic rings. The van der Waals surface area contributed by atoms with Crippen molar-refractivity contribution in [2.75, 3.05) is 0 Å². The summed E-state index contributed by atoms with van der Waals surface area (Å²) in [6.07, 6.45) is 1.74. The minimum absolute atomic E-state index is 0.114. The predicted molar refractivity (Wildman–Crippen MR) is 143 cm³/mol. The van der Waals surface area contributed by atoms with Gasteiger partial charge < -0.3 is 9.47 Å². The summed E-state index contributed by atoms with van der Waals surface area (Å²) in [5.74, 6) is -0.596. The zero-order chi connectivity index (χ0) is 27.1. The van der Waals surface area contributed by atoms with Gasteiger partial charge in [-0.05, 0) is 72.7 Å². The van der Waals surface area contributed by atoms with Crippen molar-refractivity contribution in [1.29, 1.82) is 0 Å². The highest BCUT2D eigenvalue weighted by atomic mass is 35.5. The monoisotopic (exact) mass is 564 g/mol. The van der Waals surface area contributed by atoms with Gasteiger partial charge in [0.1, 0.15) is 11.9 Å². The fourth-order valence-electron chi connectivity index (χ4n) is 4.51. The van der Waals surface area contributed by atoms with E-state index in [1.54, 1.807) is 0 Å². The molecule has 0 N–H and O–H groups in total. The molecule has 1 heterocycles. The summed E-state index contributed by atoms with van der Waals surface area (Å²) >= 11 is 11.9. The van der Waals surface area contributed by atoms with Crippen LogP contribution >= 0.6 is 23.2 Å². The quantitative estimate of drug-likeness (QED) is 0.0952. The van der Waals surface area contributed by atoms with Crippen molar-refractivity contribution < 1.29 is 27.4 Å². The second-order valence-electron chi connectivity index (χ2n) is 9.49. The molecule has 0 radical (unpaired) electrons. The first-order valence-corrected chi connectivity index (χ1v) is 13.5. The van der Waals surface area contributed by atoms with Gasteiger partial charge in [-0.25, -0.2) is 4.79 Å². The van der Waals surface area contributed by atoms with Crippen LogP contribution in [-0.4, -0.2) is 12.1 Å². The molecule has 3 aromatic carbocycles. The van der Waals surface area contributed by atoms with Gasteiger partial charge in [0.2, 0.25) is 0 Å². The average molecular weight is 565 g/mol.